The van der Waals surface area contributed by atoms with Gasteiger partial charge in [0.05, 0.1) is 11.9 Å². The quantitative estimate of drug-likeness (QED) is 0.810. The van der Waals surface area contributed by atoms with Crippen LogP contribution in [0, 0.1) is 12.8 Å². The minimum Gasteiger partial charge on any atom is -0.325 e. The highest BCUT2D eigenvalue weighted by Crippen LogP contribution is 2.18. The normalized spacial score (nSPS) is 16.9. The van der Waals surface area contributed by atoms with Gasteiger partial charge >= 0.3 is 6.03 Å². The molecule has 1 fully saturated rings. The molecule has 0 unspecified atom stereocenters. The van der Waals surface area contributed by atoms with E-state index in [1.165, 1.54) is 0 Å². The Hall–Kier alpha value is -1.58. The number of pyridine rings is 1. The standard InChI is InChI=1S/C13H19N3O/c1-10-4-7-16(8-5-10)13(17)15-12-9-14-6-3-11(12)2/h3,6,9-10H,4-5,7-8H2,1-2H3,(H,15,17). The molecule has 0 bridgehead atoms. The summed E-state index contributed by atoms with van der Waals surface area (Å²) in [6.45, 7) is 5.91. The van der Waals surface area contributed by atoms with Gasteiger partial charge in [0, 0.05) is 19.3 Å². The number of aromatic nitrogens is 1. The van der Waals surface area contributed by atoms with Crippen LogP contribution in [0.1, 0.15) is 25.3 Å². The number of carbonyl (C=O) groups excluding carboxylic acids is 1. The van der Waals surface area contributed by atoms with E-state index in [0.29, 0.717) is 0 Å². The van der Waals surface area contributed by atoms with E-state index in [2.05, 4.69) is 17.2 Å². The molecule has 17 heavy (non-hydrogen) atoms. The molecule has 1 aromatic rings. The van der Waals surface area contributed by atoms with E-state index in [1.807, 2.05) is 17.9 Å². The van der Waals surface area contributed by atoms with E-state index in [-0.39, 0.29) is 6.03 Å². The number of hydrogen-bond acceptors (Lipinski definition) is 2. The molecular formula is C13H19N3O. The average molecular weight is 233 g/mol. The van der Waals surface area contributed by atoms with E-state index in [9.17, 15) is 4.79 Å². The molecule has 1 saturated heterocycles. The van der Waals surface area contributed by atoms with Crippen molar-refractivity contribution in [2.45, 2.75) is 26.7 Å². The van der Waals surface area contributed by atoms with E-state index in [1.54, 1.807) is 12.4 Å². The van der Waals surface area contributed by atoms with Crippen LogP contribution < -0.4 is 5.32 Å². The smallest absolute Gasteiger partial charge is 0.321 e. The van der Waals surface area contributed by atoms with Crippen LogP contribution in [0.15, 0.2) is 18.5 Å². The summed E-state index contributed by atoms with van der Waals surface area (Å²) in [6, 6.07) is 1.89. The van der Waals surface area contributed by atoms with Crippen LogP contribution >= 0.6 is 0 Å². The number of likely N-dealkylation sites (tertiary alicyclic amines) is 1. The van der Waals surface area contributed by atoms with Gasteiger partial charge in [-0.3, -0.25) is 4.98 Å². The highest BCUT2D eigenvalue weighted by atomic mass is 16.2. The largest absolute Gasteiger partial charge is 0.325 e. The van der Waals surface area contributed by atoms with Crippen molar-refractivity contribution < 1.29 is 4.79 Å². The first-order valence-corrected chi connectivity index (χ1v) is 6.13. The van der Waals surface area contributed by atoms with Crippen molar-refractivity contribution in [3.8, 4) is 0 Å². The van der Waals surface area contributed by atoms with E-state index < -0.39 is 0 Å². The second kappa shape index (κ2) is 5.17. The van der Waals surface area contributed by atoms with Crippen molar-refractivity contribution in [1.29, 1.82) is 0 Å². The number of rotatable bonds is 1. The fourth-order valence-corrected chi connectivity index (χ4v) is 2.00. The predicted octanol–water partition coefficient (Wildman–Crippen LogP) is 2.65. The fourth-order valence-electron chi connectivity index (χ4n) is 2.00. The van der Waals surface area contributed by atoms with Crippen molar-refractivity contribution in [3.05, 3.63) is 24.0 Å². The first-order chi connectivity index (χ1) is 8.16. The molecule has 4 heteroatoms. The molecule has 0 saturated carbocycles. The lowest BCUT2D eigenvalue weighted by Gasteiger charge is -2.30. The zero-order chi connectivity index (χ0) is 12.3. The molecule has 2 rings (SSSR count). The molecule has 1 aliphatic heterocycles. The Kier molecular flexibility index (Phi) is 3.61. The first kappa shape index (κ1) is 11.9. The van der Waals surface area contributed by atoms with Crippen LogP contribution in [-0.2, 0) is 0 Å². The molecule has 1 aromatic heterocycles. The topological polar surface area (TPSA) is 45.2 Å². The van der Waals surface area contributed by atoms with Crippen LogP contribution in [0.2, 0.25) is 0 Å². The Balaban J connectivity index is 1.95. The zero-order valence-corrected chi connectivity index (χ0v) is 10.4. The average Bonchev–Trinajstić information content (AvgIpc) is 2.33. The van der Waals surface area contributed by atoms with E-state index in [4.69, 9.17) is 0 Å². The molecule has 0 radical (unpaired) electrons. The molecule has 0 atom stereocenters. The van der Waals surface area contributed by atoms with Gasteiger partial charge in [-0.15, -0.1) is 0 Å². The zero-order valence-electron chi connectivity index (χ0n) is 10.4. The minimum atomic E-state index is -0.00648. The van der Waals surface area contributed by atoms with Crippen molar-refractivity contribution in [3.63, 3.8) is 0 Å². The number of nitrogens with one attached hydrogen (secondary N) is 1. The van der Waals surface area contributed by atoms with Gasteiger partial charge in [0.2, 0.25) is 0 Å². The van der Waals surface area contributed by atoms with Crippen molar-refractivity contribution in [1.82, 2.24) is 9.88 Å². The van der Waals surface area contributed by atoms with Gasteiger partial charge in [0.25, 0.3) is 0 Å². The van der Waals surface area contributed by atoms with Crippen LogP contribution in [0.3, 0.4) is 0 Å². The van der Waals surface area contributed by atoms with Crippen molar-refractivity contribution >= 4 is 11.7 Å². The lowest BCUT2D eigenvalue weighted by molar-refractivity contribution is 0.186. The van der Waals surface area contributed by atoms with Gasteiger partial charge in [-0.1, -0.05) is 6.92 Å². The summed E-state index contributed by atoms with van der Waals surface area (Å²) in [5, 5.41) is 2.92. The Bertz CT molecular complexity index is 397. The molecule has 1 aliphatic rings. The Morgan fingerprint density at radius 2 is 2.18 bits per heavy atom. The maximum absolute atomic E-state index is 12.0. The van der Waals surface area contributed by atoms with Gasteiger partial charge in [0.15, 0.2) is 0 Å². The van der Waals surface area contributed by atoms with Gasteiger partial charge in [-0.25, -0.2) is 4.79 Å². The van der Waals surface area contributed by atoms with E-state index in [0.717, 1.165) is 43.1 Å². The second-order valence-electron chi connectivity index (χ2n) is 4.79. The van der Waals surface area contributed by atoms with E-state index >= 15 is 0 Å². The molecule has 0 spiro atoms. The number of anilines is 1. The molecule has 92 valence electrons. The number of amides is 2. The molecule has 0 aliphatic carbocycles. The number of hydrogen-bond donors (Lipinski definition) is 1. The molecule has 1 N–H and O–H groups in total. The number of urea groups is 1. The fraction of sp³-hybridized carbons (Fsp3) is 0.538. The Morgan fingerprint density at radius 3 is 2.82 bits per heavy atom. The van der Waals surface area contributed by atoms with Crippen molar-refractivity contribution in [2.75, 3.05) is 18.4 Å². The summed E-state index contributed by atoms with van der Waals surface area (Å²) in [5.41, 5.74) is 1.84. The van der Waals surface area contributed by atoms with Crippen molar-refractivity contribution in [2.24, 2.45) is 5.92 Å². The second-order valence-corrected chi connectivity index (χ2v) is 4.79. The number of piperidine rings is 1. The summed E-state index contributed by atoms with van der Waals surface area (Å²) in [7, 11) is 0. The minimum absolute atomic E-state index is 0.00648. The first-order valence-electron chi connectivity index (χ1n) is 6.13. The number of nitrogens with zero attached hydrogens (tertiary/aromatic N) is 2. The van der Waals surface area contributed by atoms with Gasteiger partial charge < -0.3 is 10.2 Å². The van der Waals surface area contributed by atoms with Crippen LogP contribution in [-0.4, -0.2) is 29.0 Å². The summed E-state index contributed by atoms with van der Waals surface area (Å²) in [4.78, 5) is 17.9. The summed E-state index contributed by atoms with van der Waals surface area (Å²) in [5.74, 6) is 0.735. The Labute approximate surface area is 102 Å². The van der Waals surface area contributed by atoms with Crippen LogP contribution in [0.25, 0.3) is 0 Å². The monoisotopic (exact) mass is 233 g/mol. The summed E-state index contributed by atoms with van der Waals surface area (Å²) in [6.07, 6.45) is 5.62. The molecule has 2 amide bonds. The summed E-state index contributed by atoms with van der Waals surface area (Å²) < 4.78 is 0. The van der Waals surface area contributed by atoms with Gasteiger partial charge in [-0.05, 0) is 37.3 Å². The maximum Gasteiger partial charge on any atom is 0.321 e. The highest BCUT2D eigenvalue weighted by Gasteiger charge is 2.20. The van der Waals surface area contributed by atoms with Gasteiger partial charge in [0.1, 0.15) is 0 Å². The molecular weight excluding hydrogens is 214 g/mol. The molecule has 0 aromatic carbocycles. The third-order valence-electron chi connectivity index (χ3n) is 3.35. The lowest BCUT2D eigenvalue weighted by atomic mass is 10.00. The molecule has 2 heterocycles. The Morgan fingerprint density at radius 1 is 1.47 bits per heavy atom. The predicted molar refractivity (Wildman–Crippen MR) is 68.0 cm³/mol. The third-order valence-corrected chi connectivity index (χ3v) is 3.35. The number of aryl methyl sites for hydroxylation is 1. The maximum atomic E-state index is 12.0. The van der Waals surface area contributed by atoms with Crippen LogP contribution in [0.5, 0.6) is 0 Å². The highest BCUT2D eigenvalue weighted by molar-refractivity contribution is 5.89. The third kappa shape index (κ3) is 2.96. The SMILES string of the molecule is Cc1ccncc1NC(=O)N1CCC(C)CC1. The van der Waals surface area contributed by atoms with Gasteiger partial charge in [-0.2, -0.15) is 0 Å². The molecule has 4 nitrogen and oxygen atoms in total. The van der Waals surface area contributed by atoms with Crippen LogP contribution in [0.4, 0.5) is 10.5 Å². The number of carbonyl (C=O) groups is 1. The summed E-state index contributed by atoms with van der Waals surface area (Å²) >= 11 is 0. The lowest BCUT2D eigenvalue weighted by Crippen LogP contribution is -2.40.